The second kappa shape index (κ2) is 10.1. The first-order valence-corrected chi connectivity index (χ1v) is 11.1. The molecule has 2 aromatic carbocycles. The number of anilines is 3. The summed E-state index contributed by atoms with van der Waals surface area (Å²) in [6.45, 7) is 5.22. The van der Waals surface area contributed by atoms with E-state index >= 15 is 0 Å². The number of nitrogens with one attached hydrogen (secondary N) is 2. The molecule has 0 saturated carbocycles. The highest BCUT2D eigenvalue weighted by Gasteiger charge is 2.34. The zero-order chi connectivity index (χ0) is 25.9. The van der Waals surface area contributed by atoms with Crippen molar-refractivity contribution < 1.29 is 18.0 Å². The van der Waals surface area contributed by atoms with Crippen molar-refractivity contribution >= 4 is 23.2 Å². The Balaban J connectivity index is 1.56. The van der Waals surface area contributed by atoms with Crippen LogP contribution in [-0.4, -0.2) is 25.8 Å². The van der Waals surface area contributed by atoms with Crippen LogP contribution in [0.2, 0.25) is 0 Å². The van der Waals surface area contributed by atoms with Crippen LogP contribution in [-0.2, 0) is 6.18 Å². The quantitative estimate of drug-likeness (QED) is 0.324. The van der Waals surface area contributed by atoms with Crippen molar-refractivity contribution in [2.75, 3.05) is 10.6 Å². The second-order valence-corrected chi connectivity index (χ2v) is 8.46. The van der Waals surface area contributed by atoms with Crippen molar-refractivity contribution in [3.63, 3.8) is 0 Å². The van der Waals surface area contributed by atoms with E-state index in [4.69, 9.17) is 0 Å². The molecule has 0 bridgehead atoms. The number of aryl methyl sites for hydroxylation is 1. The molecule has 0 aliphatic carbocycles. The predicted octanol–water partition coefficient (Wildman–Crippen LogP) is 6.38. The zero-order valence-corrected chi connectivity index (χ0v) is 19.8. The van der Waals surface area contributed by atoms with Gasteiger partial charge in [0.05, 0.1) is 11.3 Å². The number of rotatable bonds is 6. The lowest BCUT2D eigenvalue weighted by Crippen LogP contribution is -2.16. The summed E-state index contributed by atoms with van der Waals surface area (Å²) in [4.78, 5) is 29.5. The van der Waals surface area contributed by atoms with Gasteiger partial charge in [-0.05, 0) is 54.3 Å². The maximum absolute atomic E-state index is 13.6. The molecule has 184 valence electrons. The number of hydrogen-bond donors (Lipinski definition) is 2. The smallest absolute Gasteiger partial charge is 0.324 e. The van der Waals surface area contributed by atoms with E-state index in [1.54, 1.807) is 56.7 Å². The molecular formula is C26H23F3N6O. The van der Waals surface area contributed by atoms with Crippen LogP contribution in [0.4, 0.5) is 30.5 Å². The molecule has 2 heterocycles. The monoisotopic (exact) mass is 492 g/mol. The number of hydrogen-bond acceptors (Lipinski definition) is 6. The minimum absolute atomic E-state index is 0.0806. The average Bonchev–Trinajstić information content (AvgIpc) is 2.86. The van der Waals surface area contributed by atoms with Gasteiger partial charge in [0.25, 0.3) is 5.91 Å². The van der Waals surface area contributed by atoms with Crippen molar-refractivity contribution in [3.8, 4) is 11.3 Å². The maximum Gasteiger partial charge on any atom is 0.416 e. The van der Waals surface area contributed by atoms with E-state index in [0.717, 1.165) is 17.2 Å². The molecule has 36 heavy (non-hydrogen) atoms. The van der Waals surface area contributed by atoms with Gasteiger partial charge in [-0.25, -0.2) is 19.9 Å². The first kappa shape index (κ1) is 24.8. The summed E-state index contributed by atoms with van der Waals surface area (Å²) in [6, 6.07) is 10.5. The Kier molecular flexibility index (Phi) is 6.96. The van der Waals surface area contributed by atoms with Crippen LogP contribution < -0.4 is 10.6 Å². The number of halogens is 3. The fourth-order valence-electron chi connectivity index (χ4n) is 3.62. The Bertz CT molecular complexity index is 1390. The minimum atomic E-state index is -4.56. The van der Waals surface area contributed by atoms with Gasteiger partial charge in [-0.1, -0.05) is 26.0 Å². The summed E-state index contributed by atoms with van der Waals surface area (Å²) >= 11 is 0. The fraction of sp³-hybridized carbons (Fsp3) is 0.192. The summed E-state index contributed by atoms with van der Waals surface area (Å²) in [5, 5.41) is 5.79. The van der Waals surface area contributed by atoms with Gasteiger partial charge in [-0.15, -0.1) is 0 Å². The first-order chi connectivity index (χ1) is 17.1. The van der Waals surface area contributed by atoms with Crippen LogP contribution in [0.15, 0.2) is 67.4 Å². The number of aromatic nitrogens is 4. The maximum atomic E-state index is 13.6. The number of carbonyl (C=O) groups is 1. The average molecular weight is 493 g/mol. The molecule has 0 unspecified atom stereocenters. The lowest BCUT2D eigenvalue weighted by molar-refractivity contribution is -0.138. The molecule has 0 spiro atoms. The largest absolute Gasteiger partial charge is 0.416 e. The predicted molar refractivity (Wildman–Crippen MR) is 131 cm³/mol. The molecule has 0 atom stereocenters. The van der Waals surface area contributed by atoms with Crippen molar-refractivity contribution in [3.05, 3.63) is 89.6 Å². The normalized spacial score (nSPS) is 11.4. The summed E-state index contributed by atoms with van der Waals surface area (Å²) in [6.07, 6.45) is 1.74. The molecule has 0 aliphatic rings. The summed E-state index contributed by atoms with van der Waals surface area (Å²) in [5.74, 6) is -0.658. The van der Waals surface area contributed by atoms with E-state index < -0.39 is 17.6 Å². The van der Waals surface area contributed by atoms with Crippen molar-refractivity contribution in [2.24, 2.45) is 0 Å². The molecule has 10 heteroatoms. The third-order valence-electron chi connectivity index (χ3n) is 5.50. The van der Waals surface area contributed by atoms with Crippen molar-refractivity contribution in [1.29, 1.82) is 0 Å². The molecular weight excluding hydrogens is 469 g/mol. The van der Waals surface area contributed by atoms with Crippen molar-refractivity contribution in [1.82, 2.24) is 19.9 Å². The zero-order valence-electron chi connectivity index (χ0n) is 19.8. The van der Waals surface area contributed by atoms with E-state index in [1.807, 2.05) is 6.92 Å². The minimum Gasteiger partial charge on any atom is -0.324 e. The molecule has 1 amide bonds. The van der Waals surface area contributed by atoms with Gasteiger partial charge in [0.2, 0.25) is 5.95 Å². The number of carbonyl (C=O) groups excluding carboxylic acids is 1. The Hall–Kier alpha value is -4.34. The molecule has 0 saturated heterocycles. The third kappa shape index (κ3) is 5.65. The number of alkyl halides is 3. The SMILES string of the molecule is Cc1ccc(NC(=O)c2ccc(C(C)C)c(C(F)(F)F)c2)cc1Nc1nccc(-c2cncnc2)n1. The molecule has 2 N–H and O–H groups in total. The highest BCUT2D eigenvalue weighted by atomic mass is 19.4. The van der Waals surface area contributed by atoms with E-state index in [2.05, 4.69) is 30.6 Å². The van der Waals surface area contributed by atoms with Crippen LogP contribution >= 0.6 is 0 Å². The van der Waals surface area contributed by atoms with Gasteiger partial charge in [0.1, 0.15) is 6.33 Å². The third-order valence-corrected chi connectivity index (χ3v) is 5.50. The molecule has 4 aromatic rings. The standard InChI is InChI=1S/C26H23F3N6O/c1-15(2)20-7-5-17(10-21(20)26(27,28)29)24(36)33-19-6-4-16(3)23(11-19)35-25-32-9-8-22(34-25)18-12-30-14-31-13-18/h4-15H,1-3H3,(H,33,36)(H,32,34,35). The lowest BCUT2D eigenvalue weighted by atomic mass is 9.94. The summed E-state index contributed by atoms with van der Waals surface area (Å²) < 4.78 is 40.7. The number of amides is 1. The van der Waals surface area contributed by atoms with E-state index in [-0.39, 0.29) is 17.0 Å². The highest BCUT2D eigenvalue weighted by Crippen LogP contribution is 2.36. The molecule has 0 aliphatic heterocycles. The number of nitrogens with zero attached hydrogens (tertiary/aromatic N) is 4. The number of benzene rings is 2. The van der Waals surface area contributed by atoms with E-state index in [1.165, 1.54) is 18.5 Å². The van der Waals surface area contributed by atoms with Gasteiger partial charge in [-0.3, -0.25) is 4.79 Å². The van der Waals surface area contributed by atoms with Crippen molar-refractivity contribution in [2.45, 2.75) is 32.9 Å². The molecule has 2 aromatic heterocycles. The van der Waals surface area contributed by atoms with Gasteiger partial charge >= 0.3 is 6.18 Å². The van der Waals surface area contributed by atoms with Gasteiger partial charge in [-0.2, -0.15) is 13.2 Å². The van der Waals surface area contributed by atoms with E-state index in [0.29, 0.717) is 23.0 Å². The summed E-state index contributed by atoms with van der Waals surface area (Å²) in [5.41, 5.74) is 2.49. The Morgan fingerprint density at radius 1 is 1.00 bits per heavy atom. The highest BCUT2D eigenvalue weighted by molar-refractivity contribution is 6.04. The first-order valence-electron chi connectivity index (χ1n) is 11.1. The van der Waals surface area contributed by atoms with Crippen LogP contribution in [0.3, 0.4) is 0 Å². The van der Waals surface area contributed by atoms with Crippen LogP contribution in [0.5, 0.6) is 0 Å². The van der Waals surface area contributed by atoms with Gasteiger partial charge in [0, 0.05) is 41.1 Å². The van der Waals surface area contributed by atoms with E-state index in [9.17, 15) is 18.0 Å². The van der Waals surface area contributed by atoms with Crippen LogP contribution in [0.25, 0.3) is 11.3 Å². The second-order valence-electron chi connectivity index (χ2n) is 8.46. The Morgan fingerprint density at radius 2 is 1.75 bits per heavy atom. The van der Waals surface area contributed by atoms with Gasteiger partial charge in [0.15, 0.2) is 0 Å². The topological polar surface area (TPSA) is 92.7 Å². The van der Waals surface area contributed by atoms with Crippen LogP contribution in [0, 0.1) is 6.92 Å². The van der Waals surface area contributed by atoms with Crippen LogP contribution in [0.1, 0.15) is 46.8 Å². The fourth-order valence-corrected chi connectivity index (χ4v) is 3.62. The molecule has 0 fully saturated rings. The summed E-state index contributed by atoms with van der Waals surface area (Å²) in [7, 11) is 0. The molecule has 0 radical (unpaired) electrons. The van der Waals surface area contributed by atoms with Gasteiger partial charge < -0.3 is 10.6 Å². The Labute approximate surface area is 205 Å². The molecule has 7 nitrogen and oxygen atoms in total. The lowest BCUT2D eigenvalue weighted by Gasteiger charge is -2.17. The Morgan fingerprint density at radius 3 is 2.44 bits per heavy atom. The molecule has 4 rings (SSSR count).